The second-order valence-corrected chi connectivity index (χ2v) is 7.32. The number of para-hydroxylation sites is 1. The van der Waals surface area contributed by atoms with E-state index in [0.29, 0.717) is 40.2 Å². The first-order chi connectivity index (χ1) is 14.6. The van der Waals surface area contributed by atoms with Gasteiger partial charge in [-0.2, -0.15) is 10.1 Å². The highest BCUT2D eigenvalue weighted by molar-refractivity contribution is 6.33. The molecule has 10 heteroatoms. The first-order valence-corrected chi connectivity index (χ1v) is 9.74. The highest BCUT2D eigenvalue weighted by Gasteiger charge is 2.37. The number of aromatic nitrogens is 5. The molecule has 1 aliphatic heterocycles. The number of hydrogen-bond acceptors (Lipinski definition) is 7. The third-order valence-corrected chi connectivity index (χ3v) is 5.55. The van der Waals surface area contributed by atoms with Gasteiger partial charge in [0.05, 0.1) is 30.1 Å². The lowest BCUT2D eigenvalue weighted by atomic mass is 10.0. The van der Waals surface area contributed by atoms with Gasteiger partial charge in [0.15, 0.2) is 17.4 Å². The number of nitrogen functional groups attached to an aromatic ring is 1. The number of hydrogen-bond donors (Lipinski definition) is 1. The predicted molar refractivity (Wildman–Crippen MR) is 113 cm³/mol. The van der Waals surface area contributed by atoms with Crippen LogP contribution in [0, 0.1) is 0 Å². The van der Waals surface area contributed by atoms with Crippen molar-refractivity contribution in [3.8, 4) is 11.4 Å². The van der Waals surface area contributed by atoms with Crippen LogP contribution in [0.2, 0.25) is 5.02 Å². The average Bonchev–Trinajstić information content (AvgIpc) is 3.09. The summed E-state index contributed by atoms with van der Waals surface area (Å²) in [5.41, 5.74) is 6.62. The number of nitrogens with two attached hydrogens (primary N) is 1. The lowest BCUT2D eigenvalue weighted by molar-refractivity contribution is 0.386. The zero-order valence-corrected chi connectivity index (χ0v) is 16.8. The summed E-state index contributed by atoms with van der Waals surface area (Å²) in [6, 6.07) is 10.8. The van der Waals surface area contributed by atoms with Crippen LogP contribution in [0.15, 0.2) is 53.6 Å². The number of rotatable bonds is 4. The molecule has 152 valence electrons. The summed E-state index contributed by atoms with van der Waals surface area (Å²) in [5.74, 6) is 1.81. The molecule has 4 aromatic rings. The van der Waals surface area contributed by atoms with Gasteiger partial charge < -0.3 is 15.4 Å². The fourth-order valence-corrected chi connectivity index (χ4v) is 3.95. The Morgan fingerprint density at radius 1 is 1.23 bits per heavy atom. The highest BCUT2D eigenvalue weighted by Crippen LogP contribution is 2.40. The molecule has 0 bridgehead atoms. The van der Waals surface area contributed by atoms with Gasteiger partial charge in [-0.15, -0.1) is 0 Å². The molecular weight excluding hydrogens is 406 g/mol. The summed E-state index contributed by atoms with van der Waals surface area (Å²) in [6.45, 7) is 0.715. The van der Waals surface area contributed by atoms with Crippen LogP contribution in [0.1, 0.15) is 18.3 Å². The van der Waals surface area contributed by atoms with Gasteiger partial charge in [-0.25, -0.2) is 9.50 Å². The largest absolute Gasteiger partial charge is 0.491 e. The molecule has 30 heavy (non-hydrogen) atoms. The standard InChI is InChI=1S/C20H18ClN7O2/c1-30-15-11-23-20(22)24-18(15)26-9-8-14(26)17-25-27-10-7-13(21)16(27)19(29)28(17)12-5-3-2-4-6-12/h2-7,10-11,14H,8-9H2,1H3,(H2,22,23,24)/t14-/m0/s1. The SMILES string of the molecule is COc1cnc(N)nc1N1CC[C@H]1c1nn2ccc(Cl)c2c(=O)n1-c1ccccc1. The molecule has 3 aromatic heterocycles. The van der Waals surface area contributed by atoms with Crippen molar-refractivity contribution in [3.05, 3.63) is 70.0 Å². The third kappa shape index (κ3) is 2.78. The van der Waals surface area contributed by atoms with Crippen LogP contribution in [0.5, 0.6) is 5.75 Å². The van der Waals surface area contributed by atoms with Gasteiger partial charge in [0.2, 0.25) is 5.95 Å². The molecule has 4 heterocycles. The number of halogens is 1. The normalized spacial score (nSPS) is 15.9. The van der Waals surface area contributed by atoms with Crippen molar-refractivity contribution in [1.82, 2.24) is 24.1 Å². The minimum Gasteiger partial charge on any atom is -0.491 e. The number of nitrogens with zero attached hydrogens (tertiary/aromatic N) is 6. The van der Waals surface area contributed by atoms with Crippen LogP contribution in [-0.2, 0) is 0 Å². The zero-order chi connectivity index (χ0) is 20.8. The van der Waals surface area contributed by atoms with Gasteiger partial charge in [-0.05, 0) is 24.6 Å². The summed E-state index contributed by atoms with van der Waals surface area (Å²) >= 11 is 6.27. The van der Waals surface area contributed by atoms with Crippen molar-refractivity contribution in [2.45, 2.75) is 12.5 Å². The number of benzene rings is 1. The maximum absolute atomic E-state index is 13.4. The van der Waals surface area contributed by atoms with E-state index in [1.54, 1.807) is 30.1 Å². The molecule has 0 aliphatic carbocycles. The van der Waals surface area contributed by atoms with Gasteiger partial charge >= 0.3 is 0 Å². The molecule has 0 radical (unpaired) electrons. The van der Waals surface area contributed by atoms with E-state index in [0.717, 1.165) is 6.42 Å². The maximum atomic E-state index is 13.4. The fourth-order valence-electron chi connectivity index (χ4n) is 3.72. The summed E-state index contributed by atoms with van der Waals surface area (Å²) in [5, 5.41) is 5.11. The first-order valence-electron chi connectivity index (χ1n) is 9.37. The Bertz CT molecular complexity index is 1300. The monoisotopic (exact) mass is 423 g/mol. The van der Waals surface area contributed by atoms with Crippen LogP contribution in [0.25, 0.3) is 11.2 Å². The van der Waals surface area contributed by atoms with Crippen molar-refractivity contribution >= 4 is 28.9 Å². The van der Waals surface area contributed by atoms with Crippen molar-refractivity contribution in [1.29, 1.82) is 0 Å². The number of fused-ring (bicyclic) bond motifs is 1. The van der Waals surface area contributed by atoms with Crippen molar-refractivity contribution in [2.24, 2.45) is 0 Å². The second-order valence-electron chi connectivity index (χ2n) is 6.91. The molecule has 5 rings (SSSR count). The van der Waals surface area contributed by atoms with E-state index in [1.165, 1.54) is 4.52 Å². The molecule has 1 aromatic carbocycles. The van der Waals surface area contributed by atoms with E-state index in [-0.39, 0.29) is 17.5 Å². The lowest BCUT2D eigenvalue weighted by Gasteiger charge is -2.42. The van der Waals surface area contributed by atoms with Gasteiger partial charge in [-0.1, -0.05) is 29.8 Å². The molecule has 1 fully saturated rings. The third-order valence-electron chi connectivity index (χ3n) is 5.24. The summed E-state index contributed by atoms with van der Waals surface area (Å²) in [7, 11) is 1.55. The summed E-state index contributed by atoms with van der Waals surface area (Å²) in [6.07, 6.45) is 4.01. The van der Waals surface area contributed by atoms with Crippen molar-refractivity contribution in [2.75, 3.05) is 24.3 Å². The molecule has 2 N–H and O–H groups in total. The second kappa shape index (κ2) is 7.03. The molecule has 1 saturated heterocycles. The van der Waals surface area contributed by atoms with Gasteiger partial charge in [-0.3, -0.25) is 9.36 Å². The fraction of sp³-hybridized carbons (Fsp3) is 0.200. The smallest absolute Gasteiger partial charge is 0.284 e. The molecule has 1 atom stereocenters. The Labute approximate surface area is 176 Å². The number of methoxy groups -OCH3 is 1. The Morgan fingerprint density at radius 2 is 2.03 bits per heavy atom. The Morgan fingerprint density at radius 3 is 2.73 bits per heavy atom. The predicted octanol–water partition coefficient (Wildman–Crippen LogP) is 2.47. The van der Waals surface area contributed by atoms with Crippen molar-refractivity contribution in [3.63, 3.8) is 0 Å². The van der Waals surface area contributed by atoms with E-state index in [4.69, 9.17) is 27.2 Å². The van der Waals surface area contributed by atoms with Gasteiger partial charge in [0.1, 0.15) is 5.52 Å². The van der Waals surface area contributed by atoms with E-state index in [2.05, 4.69) is 9.97 Å². The lowest BCUT2D eigenvalue weighted by Crippen LogP contribution is -2.45. The van der Waals surface area contributed by atoms with Crippen LogP contribution in [0.4, 0.5) is 11.8 Å². The highest BCUT2D eigenvalue weighted by atomic mass is 35.5. The van der Waals surface area contributed by atoms with Crippen LogP contribution < -0.4 is 20.9 Å². The van der Waals surface area contributed by atoms with Gasteiger partial charge in [0, 0.05) is 12.7 Å². The molecule has 0 amide bonds. The minimum absolute atomic E-state index is 0.150. The Kier molecular flexibility index (Phi) is 4.32. The maximum Gasteiger partial charge on any atom is 0.284 e. The molecule has 1 aliphatic rings. The molecule has 0 saturated carbocycles. The quantitative estimate of drug-likeness (QED) is 0.537. The molecule has 0 unspecified atom stereocenters. The van der Waals surface area contributed by atoms with Crippen LogP contribution >= 0.6 is 11.6 Å². The number of anilines is 2. The van der Waals surface area contributed by atoms with E-state index >= 15 is 0 Å². The van der Waals surface area contributed by atoms with E-state index < -0.39 is 0 Å². The molecule has 0 spiro atoms. The summed E-state index contributed by atoms with van der Waals surface area (Å²) in [4.78, 5) is 23.8. The Balaban J connectivity index is 1.71. The molecule has 9 nitrogen and oxygen atoms in total. The summed E-state index contributed by atoms with van der Waals surface area (Å²) < 4.78 is 8.56. The molecular formula is C20H18ClN7O2. The topological polar surface area (TPSA) is 104 Å². The van der Waals surface area contributed by atoms with Crippen LogP contribution in [-0.4, -0.2) is 37.8 Å². The van der Waals surface area contributed by atoms with E-state index in [1.807, 2.05) is 35.2 Å². The average molecular weight is 424 g/mol. The minimum atomic E-state index is -0.234. The van der Waals surface area contributed by atoms with Crippen molar-refractivity contribution < 1.29 is 4.74 Å². The number of ether oxygens (including phenoxy) is 1. The zero-order valence-electron chi connectivity index (χ0n) is 16.1. The van der Waals surface area contributed by atoms with Crippen LogP contribution in [0.3, 0.4) is 0 Å². The first kappa shape index (κ1) is 18.4. The Hall–Kier alpha value is -3.59. The van der Waals surface area contributed by atoms with E-state index in [9.17, 15) is 4.79 Å². The van der Waals surface area contributed by atoms with Gasteiger partial charge in [0.25, 0.3) is 5.56 Å².